The van der Waals surface area contributed by atoms with Crippen molar-refractivity contribution in [3.8, 4) is 0 Å². The van der Waals surface area contributed by atoms with Crippen LogP contribution in [0, 0.1) is 0 Å². The van der Waals surface area contributed by atoms with Crippen LogP contribution in [0.15, 0.2) is 24.3 Å². The summed E-state index contributed by atoms with van der Waals surface area (Å²) in [5, 5.41) is 4.10. The van der Waals surface area contributed by atoms with Gasteiger partial charge in [-0.1, -0.05) is 37.6 Å². The highest BCUT2D eigenvalue weighted by Crippen LogP contribution is 2.18. The van der Waals surface area contributed by atoms with Gasteiger partial charge in [-0.25, -0.2) is 0 Å². The van der Waals surface area contributed by atoms with Gasteiger partial charge >= 0.3 is 0 Å². The highest BCUT2D eigenvalue weighted by molar-refractivity contribution is 6.30. The Morgan fingerprint density at radius 2 is 2.12 bits per heavy atom. The molecule has 2 nitrogen and oxygen atoms in total. The minimum atomic E-state index is -0.113. The molecule has 1 rings (SSSR count). The molecule has 1 atom stereocenters. The van der Waals surface area contributed by atoms with Crippen LogP contribution in [0.5, 0.6) is 0 Å². The molecule has 3 heteroatoms. The summed E-state index contributed by atoms with van der Waals surface area (Å²) >= 11 is 5.94. The van der Waals surface area contributed by atoms with Crippen molar-refractivity contribution >= 4 is 11.6 Å². The van der Waals surface area contributed by atoms with E-state index < -0.39 is 0 Å². The molecule has 17 heavy (non-hydrogen) atoms. The van der Waals surface area contributed by atoms with E-state index in [-0.39, 0.29) is 5.60 Å². The third kappa shape index (κ3) is 5.07. The number of benzene rings is 1. The summed E-state index contributed by atoms with van der Waals surface area (Å²) in [6.07, 6.45) is 0.987. The molecule has 0 heterocycles. The molecule has 96 valence electrons. The van der Waals surface area contributed by atoms with Crippen LogP contribution in [0.3, 0.4) is 0 Å². The van der Waals surface area contributed by atoms with Crippen molar-refractivity contribution in [2.24, 2.45) is 0 Å². The Labute approximate surface area is 109 Å². The van der Waals surface area contributed by atoms with Crippen molar-refractivity contribution in [3.63, 3.8) is 0 Å². The molecule has 1 unspecified atom stereocenters. The third-order valence-electron chi connectivity index (χ3n) is 2.97. The monoisotopic (exact) mass is 255 g/mol. The van der Waals surface area contributed by atoms with Crippen LogP contribution < -0.4 is 5.32 Å². The zero-order chi connectivity index (χ0) is 12.7. The minimum Gasteiger partial charge on any atom is -0.369 e. The summed E-state index contributed by atoms with van der Waals surface area (Å²) in [6, 6.07) is 7.82. The maximum atomic E-state index is 6.00. The first-order valence-corrected chi connectivity index (χ1v) is 6.56. The summed E-state index contributed by atoms with van der Waals surface area (Å²) in [5.74, 6) is 0. The Morgan fingerprint density at radius 1 is 1.35 bits per heavy atom. The molecule has 1 aromatic rings. The van der Waals surface area contributed by atoms with E-state index in [0.717, 1.165) is 30.1 Å². The van der Waals surface area contributed by atoms with Crippen LogP contribution in [0.1, 0.15) is 32.8 Å². The molecule has 0 aliphatic heterocycles. The van der Waals surface area contributed by atoms with E-state index >= 15 is 0 Å². The van der Waals surface area contributed by atoms with E-state index in [1.165, 1.54) is 0 Å². The fourth-order valence-corrected chi connectivity index (χ4v) is 1.76. The first-order chi connectivity index (χ1) is 8.09. The fourth-order valence-electron chi connectivity index (χ4n) is 1.55. The number of likely N-dealkylation sites (N-methyl/N-ethyl adjacent to an activating group) is 1. The van der Waals surface area contributed by atoms with E-state index in [2.05, 4.69) is 26.1 Å². The van der Waals surface area contributed by atoms with Crippen molar-refractivity contribution in [2.75, 3.05) is 13.1 Å². The molecule has 0 spiro atoms. The van der Waals surface area contributed by atoms with Gasteiger partial charge < -0.3 is 10.1 Å². The predicted molar refractivity (Wildman–Crippen MR) is 73.5 cm³/mol. The van der Waals surface area contributed by atoms with Gasteiger partial charge in [-0.15, -0.1) is 0 Å². The van der Waals surface area contributed by atoms with Crippen molar-refractivity contribution in [1.29, 1.82) is 0 Å². The second-order valence-electron chi connectivity index (χ2n) is 4.50. The first kappa shape index (κ1) is 14.5. The second kappa shape index (κ2) is 7.00. The Morgan fingerprint density at radius 3 is 2.71 bits per heavy atom. The molecular weight excluding hydrogens is 234 g/mol. The number of halogens is 1. The lowest BCUT2D eigenvalue weighted by atomic mass is 10.0. The SMILES string of the molecule is CCNCC(C)(CC)OCc1cccc(Cl)c1. The molecular formula is C14H22ClNO. The van der Waals surface area contributed by atoms with E-state index in [9.17, 15) is 0 Å². The zero-order valence-corrected chi connectivity index (χ0v) is 11.7. The van der Waals surface area contributed by atoms with Gasteiger partial charge in [-0.2, -0.15) is 0 Å². The maximum absolute atomic E-state index is 6.00. The molecule has 0 saturated heterocycles. The lowest BCUT2D eigenvalue weighted by Gasteiger charge is -2.29. The molecule has 0 fully saturated rings. The molecule has 0 aromatic heterocycles. The Kier molecular flexibility index (Phi) is 5.96. The highest BCUT2D eigenvalue weighted by atomic mass is 35.5. The number of rotatable bonds is 7. The lowest BCUT2D eigenvalue weighted by molar-refractivity contribution is -0.0440. The van der Waals surface area contributed by atoms with E-state index in [1.54, 1.807) is 0 Å². The Balaban J connectivity index is 2.52. The lowest BCUT2D eigenvalue weighted by Crippen LogP contribution is -2.39. The number of hydrogen-bond donors (Lipinski definition) is 1. The van der Waals surface area contributed by atoms with Crippen LogP contribution >= 0.6 is 11.6 Å². The second-order valence-corrected chi connectivity index (χ2v) is 4.94. The van der Waals surface area contributed by atoms with E-state index in [0.29, 0.717) is 6.61 Å². The molecule has 1 aromatic carbocycles. The van der Waals surface area contributed by atoms with Gasteiger partial charge in [0.15, 0.2) is 0 Å². The van der Waals surface area contributed by atoms with E-state index in [4.69, 9.17) is 16.3 Å². The predicted octanol–water partition coefficient (Wildman–Crippen LogP) is 3.63. The van der Waals surface area contributed by atoms with E-state index in [1.807, 2.05) is 24.3 Å². The van der Waals surface area contributed by atoms with Crippen LogP contribution in [0.25, 0.3) is 0 Å². The normalized spacial score (nSPS) is 14.6. The van der Waals surface area contributed by atoms with Crippen LogP contribution in [0.2, 0.25) is 5.02 Å². The smallest absolute Gasteiger partial charge is 0.0780 e. The van der Waals surface area contributed by atoms with Gasteiger partial charge in [0.05, 0.1) is 12.2 Å². The maximum Gasteiger partial charge on any atom is 0.0780 e. The summed E-state index contributed by atoms with van der Waals surface area (Å²) in [4.78, 5) is 0. The highest BCUT2D eigenvalue weighted by Gasteiger charge is 2.21. The number of ether oxygens (including phenoxy) is 1. The molecule has 0 bridgehead atoms. The van der Waals surface area contributed by atoms with Crippen LogP contribution in [-0.2, 0) is 11.3 Å². The van der Waals surface area contributed by atoms with Gasteiger partial charge in [-0.05, 0) is 37.6 Å². The minimum absolute atomic E-state index is 0.113. The van der Waals surface area contributed by atoms with Gasteiger partial charge in [0.2, 0.25) is 0 Å². The summed E-state index contributed by atoms with van der Waals surface area (Å²) in [7, 11) is 0. The van der Waals surface area contributed by atoms with Gasteiger partial charge in [0.25, 0.3) is 0 Å². The molecule has 1 N–H and O–H groups in total. The number of nitrogens with one attached hydrogen (secondary N) is 1. The van der Waals surface area contributed by atoms with Crippen molar-refractivity contribution in [1.82, 2.24) is 5.32 Å². The van der Waals surface area contributed by atoms with Crippen molar-refractivity contribution in [3.05, 3.63) is 34.9 Å². The molecule has 0 amide bonds. The molecule has 0 aliphatic rings. The van der Waals surface area contributed by atoms with Crippen molar-refractivity contribution in [2.45, 2.75) is 39.4 Å². The zero-order valence-electron chi connectivity index (χ0n) is 10.9. The first-order valence-electron chi connectivity index (χ1n) is 6.19. The summed E-state index contributed by atoms with van der Waals surface area (Å²) in [6.45, 7) is 8.84. The standard InChI is InChI=1S/C14H22ClNO/c1-4-14(3,11-16-5-2)17-10-12-7-6-8-13(15)9-12/h6-9,16H,4-5,10-11H2,1-3H3. The van der Waals surface area contributed by atoms with Gasteiger partial charge in [0, 0.05) is 11.6 Å². The third-order valence-corrected chi connectivity index (χ3v) is 3.21. The van der Waals surface area contributed by atoms with Crippen molar-refractivity contribution < 1.29 is 4.74 Å². The Hall–Kier alpha value is -0.570. The molecule has 0 aliphatic carbocycles. The summed E-state index contributed by atoms with van der Waals surface area (Å²) < 4.78 is 6.00. The molecule has 0 radical (unpaired) electrons. The average molecular weight is 256 g/mol. The van der Waals surface area contributed by atoms with Crippen LogP contribution in [-0.4, -0.2) is 18.7 Å². The number of hydrogen-bond acceptors (Lipinski definition) is 2. The summed E-state index contributed by atoms with van der Waals surface area (Å²) in [5.41, 5.74) is 1.01. The van der Waals surface area contributed by atoms with Gasteiger partial charge in [-0.3, -0.25) is 0 Å². The van der Waals surface area contributed by atoms with Gasteiger partial charge in [0.1, 0.15) is 0 Å². The quantitative estimate of drug-likeness (QED) is 0.803. The molecule has 0 saturated carbocycles. The topological polar surface area (TPSA) is 21.3 Å². The van der Waals surface area contributed by atoms with Crippen LogP contribution in [0.4, 0.5) is 0 Å². The largest absolute Gasteiger partial charge is 0.369 e. The fraction of sp³-hybridized carbons (Fsp3) is 0.571. The average Bonchev–Trinajstić information content (AvgIpc) is 2.34. The Bertz CT molecular complexity index is 343.